The molecule has 8 nitrogen and oxygen atoms in total. The van der Waals surface area contributed by atoms with Gasteiger partial charge in [0.05, 0.1) is 12.8 Å². The minimum Gasteiger partial charge on any atom is -0.497 e. The van der Waals surface area contributed by atoms with Crippen LogP contribution in [-0.2, 0) is 13.2 Å². The van der Waals surface area contributed by atoms with E-state index in [1.54, 1.807) is 7.11 Å². The molecular formula is C38H36N6O2. The lowest BCUT2D eigenvalue weighted by Gasteiger charge is -2.11. The van der Waals surface area contributed by atoms with Crippen LogP contribution in [0.5, 0.6) is 11.5 Å². The molecule has 0 spiro atoms. The van der Waals surface area contributed by atoms with E-state index >= 15 is 0 Å². The second-order valence-electron chi connectivity index (χ2n) is 11.5. The lowest BCUT2D eigenvalue weighted by molar-refractivity contribution is 0.306. The van der Waals surface area contributed by atoms with E-state index in [4.69, 9.17) is 19.4 Å². The van der Waals surface area contributed by atoms with Crippen molar-refractivity contribution < 1.29 is 9.47 Å². The highest BCUT2D eigenvalue weighted by Gasteiger charge is 2.17. The first-order valence-electron chi connectivity index (χ1n) is 15.5. The summed E-state index contributed by atoms with van der Waals surface area (Å²) in [5, 5.41) is 7.16. The first-order valence-corrected chi connectivity index (χ1v) is 15.5. The fourth-order valence-corrected chi connectivity index (χ4v) is 5.56. The van der Waals surface area contributed by atoms with Crippen molar-refractivity contribution in [2.75, 3.05) is 17.7 Å². The van der Waals surface area contributed by atoms with Gasteiger partial charge in [-0.25, -0.2) is 9.97 Å². The second-order valence-corrected chi connectivity index (χ2v) is 11.5. The Hall–Kier alpha value is -5.76. The standard InChI is InChI=1S/C38H36N6O2/c1-26(2)35-37(39-24-27-9-5-4-6-10-27)44-22-20-28(23-34(44)42-35)25-46-32-16-12-29(13-17-32)36-38(43-21-8-7-11-33(43)41-36)40-30-14-18-31(45-3)19-15-30/h4-23,26,39-40H,24-25H2,1-3H3. The smallest absolute Gasteiger partial charge is 0.143 e. The van der Waals surface area contributed by atoms with Gasteiger partial charge < -0.3 is 20.1 Å². The van der Waals surface area contributed by atoms with Gasteiger partial charge in [-0.05, 0) is 89.8 Å². The Morgan fingerprint density at radius 3 is 2.20 bits per heavy atom. The van der Waals surface area contributed by atoms with Gasteiger partial charge in [-0.2, -0.15) is 0 Å². The molecule has 3 aromatic carbocycles. The Bertz CT molecular complexity index is 2080. The Kier molecular flexibility index (Phi) is 8.00. The molecule has 0 saturated carbocycles. The van der Waals surface area contributed by atoms with Crippen molar-refractivity contribution >= 4 is 28.6 Å². The van der Waals surface area contributed by atoms with Crippen molar-refractivity contribution in [3.8, 4) is 22.8 Å². The Morgan fingerprint density at radius 2 is 1.43 bits per heavy atom. The topological polar surface area (TPSA) is 77.1 Å². The number of ether oxygens (including phenoxy) is 2. The van der Waals surface area contributed by atoms with Gasteiger partial charge >= 0.3 is 0 Å². The highest BCUT2D eigenvalue weighted by Crippen LogP contribution is 2.33. The largest absolute Gasteiger partial charge is 0.497 e. The monoisotopic (exact) mass is 608 g/mol. The second kappa shape index (κ2) is 12.7. The number of aromatic nitrogens is 4. The van der Waals surface area contributed by atoms with Crippen LogP contribution < -0.4 is 20.1 Å². The molecular weight excluding hydrogens is 572 g/mol. The van der Waals surface area contributed by atoms with Crippen molar-refractivity contribution in [2.45, 2.75) is 32.9 Å². The molecule has 0 fully saturated rings. The summed E-state index contributed by atoms with van der Waals surface area (Å²) in [7, 11) is 1.67. The molecule has 0 atom stereocenters. The zero-order chi connectivity index (χ0) is 31.5. The normalized spacial score (nSPS) is 11.3. The number of methoxy groups -OCH3 is 1. The van der Waals surface area contributed by atoms with Crippen molar-refractivity contribution in [3.05, 3.63) is 138 Å². The van der Waals surface area contributed by atoms with Crippen LogP contribution in [0.4, 0.5) is 17.3 Å². The third-order valence-corrected chi connectivity index (χ3v) is 7.98. The molecule has 0 aliphatic rings. The number of hydrogen-bond acceptors (Lipinski definition) is 6. The number of pyridine rings is 2. The summed E-state index contributed by atoms with van der Waals surface area (Å²) in [6.45, 7) is 5.52. The summed E-state index contributed by atoms with van der Waals surface area (Å²) in [6.07, 6.45) is 4.09. The first kappa shape index (κ1) is 29.0. The SMILES string of the molecule is COc1ccc(Nc2c(-c3ccc(OCc4ccn5c(NCc6ccccc6)c(C(C)C)nc5c4)cc3)nc3ccccn23)cc1. The molecule has 7 rings (SSSR count). The van der Waals surface area contributed by atoms with Crippen LogP contribution in [0.1, 0.15) is 36.6 Å². The van der Waals surface area contributed by atoms with Crippen LogP contribution in [0.25, 0.3) is 22.6 Å². The number of benzene rings is 3. The third kappa shape index (κ3) is 5.97. The number of nitrogens with zero attached hydrogens (tertiary/aromatic N) is 4. The fourth-order valence-electron chi connectivity index (χ4n) is 5.56. The number of imidazole rings is 2. The molecule has 0 unspecified atom stereocenters. The average molecular weight is 609 g/mol. The molecule has 7 aromatic rings. The number of fused-ring (bicyclic) bond motifs is 2. The molecule has 0 saturated heterocycles. The maximum Gasteiger partial charge on any atom is 0.143 e. The molecule has 0 radical (unpaired) electrons. The molecule has 8 heteroatoms. The maximum absolute atomic E-state index is 6.22. The van der Waals surface area contributed by atoms with Gasteiger partial charge in [0.25, 0.3) is 0 Å². The molecule has 0 aliphatic heterocycles. The van der Waals surface area contributed by atoms with E-state index < -0.39 is 0 Å². The van der Waals surface area contributed by atoms with Crippen molar-refractivity contribution in [1.29, 1.82) is 0 Å². The summed E-state index contributed by atoms with van der Waals surface area (Å²) < 4.78 is 15.7. The third-order valence-electron chi connectivity index (χ3n) is 7.98. The molecule has 0 bridgehead atoms. The van der Waals surface area contributed by atoms with Crippen LogP contribution >= 0.6 is 0 Å². The fraction of sp³-hybridized carbons (Fsp3) is 0.158. The highest BCUT2D eigenvalue weighted by molar-refractivity contribution is 5.80. The van der Waals surface area contributed by atoms with Gasteiger partial charge in [0.15, 0.2) is 0 Å². The van der Waals surface area contributed by atoms with Crippen LogP contribution in [0.2, 0.25) is 0 Å². The van der Waals surface area contributed by atoms with Gasteiger partial charge in [-0.15, -0.1) is 0 Å². The van der Waals surface area contributed by atoms with Gasteiger partial charge in [-0.3, -0.25) is 8.80 Å². The van der Waals surface area contributed by atoms with E-state index in [0.29, 0.717) is 6.61 Å². The minimum atomic E-state index is 0.288. The van der Waals surface area contributed by atoms with Gasteiger partial charge in [0.1, 0.15) is 46.7 Å². The van der Waals surface area contributed by atoms with Crippen molar-refractivity contribution in [3.63, 3.8) is 0 Å². The first-order chi connectivity index (χ1) is 22.6. The van der Waals surface area contributed by atoms with E-state index in [1.807, 2.05) is 79.0 Å². The lowest BCUT2D eigenvalue weighted by Crippen LogP contribution is -2.05. The molecule has 2 N–H and O–H groups in total. The van der Waals surface area contributed by atoms with Crippen molar-refractivity contribution in [2.24, 2.45) is 0 Å². The van der Waals surface area contributed by atoms with E-state index in [1.165, 1.54) is 5.56 Å². The van der Waals surface area contributed by atoms with E-state index in [2.05, 4.69) is 75.9 Å². The van der Waals surface area contributed by atoms with Gasteiger partial charge in [-0.1, -0.05) is 50.2 Å². The van der Waals surface area contributed by atoms with E-state index in [-0.39, 0.29) is 5.92 Å². The summed E-state index contributed by atoms with van der Waals surface area (Å²) in [6, 6.07) is 36.6. The van der Waals surface area contributed by atoms with E-state index in [0.717, 1.165) is 69.2 Å². The molecule has 0 amide bonds. The minimum absolute atomic E-state index is 0.288. The highest BCUT2D eigenvalue weighted by atomic mass is 16.5. The van der Waals surface area contributed by atoms with Crippen LogP contribution in [0, 0.1) is 0 Å². The summed E-state index contributed by atoms with van der Waals surface area (Å²) in [4.78, 5) is 9.91. The van der Waals surface area contributed by atoms with Crippen LogP contribution in [0.15, 0.2) is 122 Å². The predicted octanol–water partition coefficient (Wildman–Crippen LogP) is 8.72. The summed E-state index contributed by atoms with van der Waals surface area (Å²) in [5.41, 5.74) is 7.89. The van der Waals surface area contributed by atoms with E-state index in [9.17, 15) is 0 Å². The number of anilines is 3. The van der Waals surface area contributed by atoms with Crippen LogP contribution in [-0.4, -0.2) is 25.9 Å². The predicted molar refractivity (Wildman–Crippen MR) is 184 cm³/mol. The Morgan fingerprint density at radius 1 is 0.696 bits per heavy atom. The Labute approximate surface area is 268 Å². The molecule has 230 valence electrons. The molecule has 0 aliphatic carbocycles. The van der Waals surface area contributed by atoms with Gasteiger partial charge in [0.2, 0.25) is 0 Å². The molecule has 4 heterocycles. The zero-order valence-corrected chi connectivity index (χ0v) is 26.1. The van der Waals surface area contributed by atoms with Crippen molar-refractivity contribution in [1.82, 2.24) is 18.8 Å². The Balaban J connectivity index is 1.08. The zero-order valence-electron chi connectivity index (χ0n) is 26.1. The summed E-state index contributed by atoms with van der Waals surface area (Å²) >= 11 is 0. The maximum atomic E-state index is 6.22. The quantitative estimate of drug-likeness (QED) is 0.153. The van der Waals surface area contributed by atoms with Crippen LogP contribution in [0.3, 0.4) is 0 Å². The number of nitrogens with one attached hydrogen (secondary N) is 2. The van der Waals surface area contributed by atoms with Gasteiger partial charge in [0, 0.05) is 30.2 Å². The molecule has 46 heavy (non-hydrogen) atoms. The lowest BCUT2D eigenvalue weighted by atomic mass is 10.1. The number of rotatable bonds is 11. The number of hydrogen-bond donors (Lipinski definition) is 2. The summed E-state index contributed by atoms with van der Waals surface area (Å²) in [5.74, 6) is 3.81. The average Bonchev–Trinajstić information content (AvgIpc) is 3.65. The molecule has 4 aromatic heterocycles.